The van der Waals surface area contributed by atoms with Gasteiger partial charge >= 0.3 is 0 Å². The van der Waals surface area contributed by atoms with Crippen LogP contribution in [-0.2, 0) is 13.6 Å². The number of aromatic nitrogens is 4. The van der Waals surface area contributed by atoms with E-state index in [2.05, 4.69) is 41.2 Å². The van der Waals surface area contributed by atoms with Crippen molar-refractivity contribution < 1.29 is 4.74 Å². The molecular formula is C15H23N5O. The maximum absolute atomic E-state index is 5.93. The van der Waals surface area contributed by atoms with Crippen molar-refractivity contribution in [3.63, 3.8) is 0 Å². The Balaban J connectivity index is 2.30. The Hall–Kier alpha value is -1.95. The smallest absolute Gasteiger partial charge is 0.217 e. The molecule has 2 aromatic rings. The number of hydrogen-bond donors (Lipinski definition) is 1. The van der Waals surface area contributed by atoms with Gasteiger partial charge < -0.3 is 10.1 Å². The topological polar surface area (TPSA) is 64.9 Å². The van der Waals surface area contributed by atoms with Crippen LogP contribution in [0.15, 0.2) is 12.3 Å². The van der Waals surface area contributed by atoms with Crippen LogP contribution in [0.4, 0.5) is 0 Å². The van der Waals surface area contributed by atoms with Crippen LogP contribution in [0.25, 0.3) is 0 Å². The standard InChI is InChI=1S/C15H23N5O/c1-6-16-8-12-13(9-17-15(18-12)10(2)3)21-14-7-11(4)19-20(14)5/h7,9-10,16H,6,8H2,1-5H3. The molecule has 2 rings (SSSR count). The Labute approximate surface area is 125 Å². The van der Waals surface area contributed by atoms with Gasteiger partial charge in [0.2, 0.25) is 5.88 Å². The van der Waals surface area contributed by atoms with Crippen LogP contribution in [-0.4, -0.2) is 26.3 Å². The van der Waals surface area contributed by atoms with Crippen molar-refractivity contribution in [1.82, 2.24) is 25.1 Å². The zero-order valence-electron chi connectivity index (χ0n) is 13.3. The quantitative estimate of drug-likeness (QED) is 0.885. The van der Waals surface area contributed by atoms with Gasteiger partial charge in [-0.15, -0.1) is 0 Å². The van der Waals surface area contributed by atoms with Crippen molar-refractivity contribution in [1.29, 1.82) is 0 Å². The summed E-state index contributed by atoms with van der Waals surface area (Å²) in [6.45, 7) is 9.70. The largest absolute Gasteiger partial charge is 0.436 e. The Bertz CT molecular complexity index is 606. The summed E-state index contributed by atoms with van der Waals surface area (Å²) in [6, 6.07) is 1.90. The Morgan fingerprint density at radius 3 is 2.71 bits per heavy atom. The second kappa shape index (κ2) is 6.67. The fourth-order valence-electron chi connectivity index (χ4n) is 1.95. The molecule has 0 amide bonds. The predicted octanol–water partition coefficient (Wildman–Crippen LogP) is 2.54. The van der Waals surface area contributed by atoms with Gasteiger partial charge in [-0.3, -0.25) is 0 Å². The molecule has 0 fully saturated rings. The molecule has 21 heavy (non-hydrogen) atoms. The second-order valence-electron chi connectivity index (χ2n) is 5.32. The highest BCUT2D eigenvalue weighted by molar-refractivity contribution is 5.30. The number of hydrogen-bond acceptors (Lipinski definition) is 5. The van der Waals surface area contributed by atoms with Gasteiger partial charge in [0.15, 0.2) is 5.75 Å². The van der Waals surface area contributed by atoms with E-state index in [1.165, 1.54) is 0 Å². The molecule has 0 bridgehead atoms. The number of rotatable bonds is 6. The van der Waals surface area contributed by atoms with Gasteiger partial charge in [0.05, 0.1) is 11.9 Å². The lowest BCUT2D eigenvalue weighted by Crippen LogP contribution is -2.15. The molecule has 0 saturated carbocycles. The zero-order valence-corrected chi connectivity index (χ0v) is 13.3. The molecule has 0 aliphatic carbocycles. The van der Waals surface area contributed by atoms with Crippen LogP contribution < -0.4 is 10.1 Å². The first-order valence-electron chi connectivity index (χ1n) is 7.26. The predicted molar refractivity (Wildman–Crippen MR) is 81.5 cm³/mol. The van der Waals surface area contributed by atoms with E-state index >= 15 is 0 Å². The zero-order chi connectivity index (χ0) is 15.4. The minimum Gasteiger partial charge on any atom is -0.436 e. The Morgan fingerprint density at radius 2 is 2.14 bits per heavy atom. The second-order valence-corrected chi connectivity index (χ2v) is 5.32. The Morgan fingerprint density at radius 1 is 1.38 bits per heavy atom. The first-order chi connectivity index (χ1) is 10.0. The van der Waals surface area contributed by atoms with Crippen LogP contribution in [0.3, 0.4) is 0 Å². The Kier molecular flexibility index (Phi) is 4.90. The summed E-state index contributed by atoms with van der Waals surface area (Å²) in [6.07, 6.45) is 1.75. The monoisotopic (exact) mass is 289 g/mol. The molecule has 0 aliphatic rings. The van der Waals surface area contributed by atoms with Crippen molar-refractivity contribution in [3.8, 4) is 11.6 Å². The van der Waals surface area contributed by atoms with Crippen LogP contribution in [0.5, 0.6) is 11.6 Å². The van der Waals surface area contributed by atoms with E-state index < -0.39 is 0 Å². The third-order valence-electron chi connectivity index (χ3n) is 3.08. The van der Waals surface area contributed by atoms with Crippen molar-refractivity contribution in [2.24, 2.45) is 7.05 Å². The maximum Gasteiger partial charge on any atom is 0.217 e. The van der Waals surface area contributed by atoms with E-state index in [0.717, 1.165) is 23.8 Å². The highest BCUT2D eigenvalue weighted by Gasteiger charge is 2.13. The van der Waals surface area contributed by atoms with Crippen molar-refractivity contribution >= 4 is 0 Å². The lowest BCUT2D eigenvalue weighted by Gasteiger charge is -2.12. The van der Waals surface area contributed by atoms with E-state index in [-0.39, 0.29) is 0 Å². The van der Waals surface area contributed by atoms with Crippen molar-refractivity contribution in [2.75, 3.05) is 6.54 Å². The van der Waals surface area contributed by atoms with Crippen LogP contribution in [0, 0.1) is 6.92 Å². The average Bonchev–Trinajstić information content (AvgIpc) is 2.75. The third kappa shape index (κ3) is 3.78. The van der Waals surface area contributed by atoms with Crippen LogP contribution in [0.1, 0.15) is 43.9 Å². The third-order valence-corrected chi connectivity index (χ3v) is 3.08. The number of nitrogens with one attached hydrogen (secondary N) is 1. The molecule has 0 saturated heterocycles. The van der Waals surface area contributed by atoms with E-state index in [4.69, 9.17) is 4.74 Å². The van der Waals surface area contributed by atoms with Crippen LogP contribution in [0.2, 0.25) is 0 Å². The van der Waals surface area contributed by atoms with Crippen molar-refractivity contribution in [2.45, 2.75) is 40.2 Å². The van der Waals surface area contributed by atoms with E-state index in [0.29, 0.717) is 24.1 Å². The average molecular weight is 289 g/mol. The molecule has 6 heteroatoms. The number of aryl methyl sites for hydroxylation is 2. The maximum atomic E-state index is 5.93. The molecule has 0 aliphatic heterocycles. The SMILES string of the molecule is CCNCc1nc(C(C)C)ncc1Oc1cc(C)nn1C. The minimum atomic E-state index is 0.290. The van der Waals surface area contributed by atoms with E-state index in [9.17, 15) is 0 Å². The molecule has 0 radical (unpaired) electrons. The van der Waals surface area contributed by atoms with Gasteiger partial charge in [-0.2, -0.15) is 5.10 Å². The summed E-state index contributed by atoms with van der Waals surface area (Å²) in [4.78, 5) is 9.00. The summed E-state index contributed by atoms with van der Waals surface area (Å²) >= 11 is 0. The van der Waals surface area contributed by atoms with Crippen molar-refractivity contribution in [3.05, 3.63) is 29.5 Å². The molecule has 2 heterocycles. The summed E-state index contributed by atoms with van der Waals surface area (Å²) in [5.41, 5.74) is 1.79. The molecule has 1 N–H and O–H groups in total. The number of nitrogens with zero attached hydrogens (tertiary/aromatic N) is 4. The first-order valence-corrected chi connectivity index (χ1v) is 7.26. The lowest BCUT2D eigenvalue weighted by molar-refractivity contribution is 0.417. The molecule has 6 nitrogen and oxygen atoms in total. The normalized spacial score (nSPS) is 11.1. The van der Waals surface area contributed by atoms with E-state index in [1.54, 1.807) is 10.9 Å². The highest BCUT2D eigenvalue weighted by Crippen LogP contribution is 2.25. The first kappa shape index (κ1) is 15.4. The van der Waals surface area contributed by atoms with Gasteiger partial charge in [-0.1, -0.05) is 20.8 Å². The summed E-state index contributed by atoms with van der Waals surface area (Å²) in [7, 11) is 1.86. The minimum absolute atomic E-state index is 0.290. The molecule has 0 spiro atoms. The van der Waals surface area contributed by atoms with Gasteiger partial charge in [0, 0.05) is 25.6 Å². The van der Waals surface area contributed by atoms with Gasteiger partial charge in [0.25, 0.3) is 0 Å². The van der Waals surface area contributed by atoms with Gasteiger partial charge in [0.1, 0.15) is 11.5 Å². The molecule has 114 valence electrons. The summed E-state index contributed by atoms with van der Waals surface area (Å²) in [5.74, 6) is 2.48. The highest BCUT2D eigenvalue weighted by atomic mass is 16.5. The van der Waals surface area contributed by atoms with E-state index in [1.807, 2.05) is 20.0 Å². The molecule has 0 unspecified atom stereocenters. The van der Waals surface area contributed by atoms with Crippen LogP contribution >= 0.6 is 0 Å². The molecule has 0 atom stereocenters. The van der Waals surface area contributed by atoms with Gasteiger partial charge in [-0.25, -0.2) is 14.6 Å². The molecule has 2 aromatic heterocycles. The number of ether oxygens (including phenoxy) is 1. The fraction of sp³-hybridized carbons (Fsp3) is 0.533. The summed E-state index contributed by atoms with van der Waals surface area (Å²) < 4.78 is 7.64. The molecular weight excluding hydrogens is 266 g/mol. The molecule has 0 aromatic carbocycles. The summed E-state index contributed by atoms with van der Waals surface area (Å²) in [5, 5.41) is 7.56. The lowest BCUT2D eigenvalue weighted by atomic mass is 10.2. The van der Waals surface area contributed by atoms with Gasteiger partial charge in [-0.05, 0) is 13.5 Å². The fourth-order valence-corrected chi connectivity index (χ4v) is 1.95.